The molecule has 0 heterocycles. The number of halogens is 2. The van der Waals surface area contributed by atoms with E-state index < -0.39 is 0 Å². The fourth-order valence-corrected chi connectivity index (χ4v) is 4.67. The van der Waals surface area contributed by atoms with E-state index in [1.54, 1.807) is 0 Å². The quantitative estimate of drug-likeness (QED) is 0.223. The number of allylic oxidation sites excluding steroid dienone is 4. The summed E-state index contributed by atoms with van der Waals surface area (Å²) < 4.78 is 0. The van der Waals surface area contributed by atoms with E-state index in [9.17, 15) is 0 Å². The topological polar surface area (TPSA) is 0 Å². The van der Waals surface area contributed by atoms with Gasteiger partial charge in [-0.25, -0.2) is 11.6 Å². The van der Waals surface area contributed by atoms with Crippen molar-refractivity contribution in [2.45, 2.75) is 40.0 Å². The Balaban J connectivity index is 0.000000569. The number of hydrogen-bond donors (Lipinski definition) is 0. The van der Waals surface area contributed by atoms with Gasteiger partial charge in [-0.2, -0.15) is 12.1 Å². The van der Waals surface area contributed by atoms with Gasteiger partial charge in [-0.1, -0.05) is 65.1 Å². The van der Waals surface area contributed by atoms with Crippen molar-refractivity contribution in [3.05, 3.63) is 90.0 Å². The molecule has 0 saturated heterocycles. The number of benzene rings is 2. The van der Waals surface area contributed by atoms with E-state index in [2.05, 4.69) is 99.7 Å². The van der Waals surface area contributed by atoms with Gasteiger partial charge in [0, 0.05) is 0 Å². The van der Waals surface area contributed by atoms with Crippen LogP contribution in [0.2, 0.25) is 0 Å². The number of aryl methyl sites for hydroxylation is 1. The van der Waals surface area contributed by atoms with Gasteiger partial charge in [-0.3, -0.25) is 6.08 Å². The van der Waals surface area contributed by atoms with Gasteiger partial charge in [-0.05, 0) is 24.2 Å². The third-order valence-corrected chi connectivity index (χ3v) is 6.42. The molecule has 0 bridgehead atoms. The second-order valence-electron chi connectivity index (χ2n) is 7.24. The van der Waals surface area contributed by atoms with Crippen molar-refractivity contribution in [1.82, 2.24) is 0 Å². The molecule has 1 aliphatic rings. The van der Waals surface area contributed by atoms with Gasteiger partial charge < -0.3 is 24.8 Å². The second-order valence-corrected chi connectivity index (χ2v) is 8.61. The van der Waals surface area contributed by atoms with Gasteiger partial charge in [0.2, 0.25) is 0 Å². The Labute approximate surface area is 215 Å². The Morgan fingerprint density at radius 1 is 1.07 bits per heavy atom. The van der Waals surface area contributed by atoms with Gasteiger partial charge in [0.1, 0.15) is 0 Å². The summed E-state index contributed by atoms with van der Waals surface area (Å²) in [7, 11) is 0.759. The van der Waals surface area contributed by atoms with Crippen molar-refractivity contribution >= 4 is 30.0 Å². The summed E-state index contributed by atoms with van der Waals surface area (Å²) in [6.45, 7) is 6.70. The Bertz CT molecular complexity index is 910. The van der Waals surface area contributed by atoms with E-state index in [-0.39, 0.29) is 50.7 Å². The Morgan fingerprint density at radius 2 is 1.77 bits per heavy atom. The molecule has 0 fully saturated rings. The maximum absolute atomic E-state index is 3.35. The van der Waals surface area contributed by atoms with Crippen LogP contribution in [0.3, 0.4) is 0 Å². The minimum absolute atomic E-state index is 0. The predicted octanol–water partition coefficient (Wildman–Crippen LogP) is 0.614. The number of rotatable bonds is 5. The molecule has 3 aromatic rings. The predicted molar refractivity (Wildman–Crippen MR) is 123 cm³/mol. The van der Waals surface area contributed by atoms with Crippen LogP contribution in [0, 0.1) is 18.9 Å². The first-order valence-corrected chi connectivity index (χ1v) is 10.9. The third-order valence-electron chi connectivity index (χ3n) is 5.02. The van der Waals surface area contributed by atoms with Crippen LogP contribution in [0.25, 0.3) is 10.8 Å². The molecular weight excluding hydrogens is 593 g/mol. The maximum Gasteiger partial charge on any atom is 4.00 e. The standard InChI is InChI=1S/C16H14P.C10H15.2ClH.Hf/c1-12-6-2-5-9-16(12)17-15-10-13-7-3-4-8-14(13)11-15;1-3-6-9(2)10-7-4-5-8-10;;;/h2-11,17H,1H3;4,7,9H,3,5-6H2,1-2H3;2*1H;/q2*-1;;;+4/p-2. The Kier molecular flexibility index (Phi) is 15.0. The van der Waals surface area contributed by atoms with E-state index >= 15 is 0 Å². The van der Waals surface area contributed by atoms with Crippen LogP contribution in [0.4, 0.5) is 0 Å². The minimum atomic E-state index is 0. The molecule has 0 N–H and O–H groups in total. The van der Waals surface area contributed by atoms with Gasteiger partial charge in [0.25, 0.3) is 0 Å². The molecule has 4 rings (SSSR count). The van der Waals surface area contributed by atoms with Crippen LogP contribution >= 0.6 is 8.58 Å². The van der Waals surface area contributed by atoms with Crippen molar-refractivity contribution in [3.8, 4) is 0 Å². The summed E-state index contributed by atoms with van der Waals surface area (Å²) >= 11 is 0. The fourth-order valence-electron chi connectivity index (χ4n) is 3.44. The van der Waals surface area contributed by atoms with E-state index in [4.69, 9.17) is 0 Å². The van der Waals surface area contributed by atoms with Gasteiger partial charge >= 0.3 is 25.8 Å². The van der Waals surface area contributed by atoms with Crippen LogP contribution in [0.5, 0.6) is 0 Å². The SMILES string of the molecule is CCCC(C)C1=[C-]CC=C1.Cc1ccccc1Pc1cc2ccccc2[cH-]1.[Cl-].[Cl-].[Hf+4]. The van der Waals surface area contributed by atoms with Crippen molar-refractivity contribution in [2.75, 3.05) is 0 Å². The summed E-state index contributed by atoms with van der Waals surface area (Å²) in [6, 6.07) is 21.8. The summed E-state index contributed by atoms with van der Waals surface area (Å²) in [5.41, 5.74) is 2.80. The molecule has 1 aliphatic carbocycles. The fraction of sp³-hybridized carbons (Fsp3) is 0.269. The molecule has 4 heteroatoms. The molecule has 0 radical (unpaired) electrons. The zero-order chi connectivity index (χ0) is 19.1. The molecule has 156 valence electrons. The van der Waals surface area contributed by atoms with Gasteiger partial charge in [0.05, 0.1) is 0 Å². The van der Waals surface area contributed by atoms with Crippen molar-refractivity contribution in [2.24, 2.45) is 5.92 Å². The molecule has 0 saturated carbocycles. The summed E-state index contributed by atoms with van der Waals surface area (Å²) in [4.78, 5) is 0. The molecule has 2 unspecified atom stereocenters. The van der Waals surface area contributed by atoms with Crippen LogP contribution in [-0.2, 0) is 25.8 Å². The van der Waals surface area contributed by atoms with Gasteiger partial charge in [0.15, 0.2) is 0 Å². The molecule has 2 atom stereocenters. The smallest absolute Gasteiger partial charge is 1.00 e. The van der Waals surface area contributed by atoms with Crippen molar-refractivity contribution in [3.63, 3.8) is 0 Å². The summed E-state index contributed by atoms with van der Waals surface area (Å²) in [5.74, 6) is 0.726. The first kappa shape index (κ1) is 29.4. The molecule has 0 amide bonds. The van der Waals surface area contributed by atoms with Gasteiger partial charge in [-0.15, -0.1) is 46.8 Å². The third kappa shape index (κ3) is 8.51. The van der Waals surface area contributed by atoms with E-state index in [1.165, 1.54) is 45.4 Å². The van der Waals surface area contributed by atoms with E-state index in [1.807, 2.05) is 0 Å². The summed E-state index contributed by atoms with van der Waals surface area (Å²) in [5, 5.41) is 5.58. The molecule has 0 aromatic heterocycles. The molecule has 0 aliphatic heterocycles. The zero-order valence-corrected chi connectivity index (χ0v) is 24.0. The van der Waals surface area contributed by atoms with E-state index in [0.29, 0.717) is 0 Å². The first-order chi connectivity index (χ1) is 13.2. The van der Waals surface area contributed by atoms with Crippen LogP contribution in [0.15, 0.2) is 78.4 Å². The minimum Gasteiger partial charge on any atom is -1.00 e. The Morgan fingerprint density at radius 3 is 2.40 bits per heavy atom. The molecule has 3 aromatic carbocycles. The zero-order valence-electron chi connectivity index (χ0n) is 17.9. The summed E-state index contributed by atoms with van der Waals surface area (Å²) in [6.07, 6.45) is 11.3. The molecule has 0 spiro atoms. The number of hydrogen-bond acceptors (Lipinski definition) is 0. The normalized spacial score (nSPS) is 13.0. The van der Waals surface area contributed by atoms with Crippen LogP contribution in [-0.4, -0.2) is 0 Å². The van der Waals surface area contributed by atoms with Crippen LogP contribution in [0.1, 0.15) is 38.7 Å². The molecule has 30 heavy (non-hydrogen) atoms. The monoisotopic (exact) mass is 622 g/mol. The average Bonchev–Trinajstić information content (AvgIpc) is 3.33. The second kappa shape index (κ2) is 15.3. The van der Waals surface area contributed by atoms with Crippen molar-refractivity contribution < 1.29 is 50.7 Å². The average molecular weight is 622 g/mol. The number of fused-ring (bicyclic) bond motifs is 1. The van der Waals surface area contributed by atoms with Crippen molar-refractivity contribution in [1.29, 1.82) is 0 Å². The van der Waals surface area contributed by atoms with Crippen LogP contribution < -0.4 is 35.4 Å². The molecular formula is C26H29Cl2HfP. The van der Waals surface area contributed by atoms with E-state index in [0.717, 1.165) is 20.9 Å². The maximum atomic E-state index is 3.35. The largest absolute Gasteiger partial charge is 4.00 e. The molecule has 0 nitrogen and oxygen atoms in total. The Hall–Kier alpha value is -0.590. The first-order valence-electron chi connectivity index (χ1n) is 9.92.